The molecule has 64 valence electrons. The number of hydrogen-bond donors (Lipinski definition) is 0. The number of nitroso groups, excluding NO2 is 1. The summed E-state index contributed by atoms with van der Waals surface area (Å²) in [6.45, 7) is 8.01. The van der Waals surface area contributed by atoms with Crippen LogP contribution in [0.2, 0.25) is 0 Å². The first kappa shape index (κ1) is 8.91. The van der Waals surface area contributed by atoms with Gasteiger partial charge in [0.15, 0.2) is 0 Å². The van der Waals surface area contributed by atoms with Crippen molar-refractivity contribution in [1.29, 1.82) is 0 Å². The molecular formula is C10H13NO. The lowest BCUT2D eigenvalue weighted by Gasteiger charge is -2.08. The van der Waals surface area contributed by atoms with Crippen LogP contribution >= 0.6 is 0 Å². The van der Waals surface area contributed by atoms with E-state index in [1.54, 1.807) is 0 Å². The zero-order valence-corrected chi connectivity index (χ0v) is 7.93. The van der Waals surface area contributed by atoms with E-state index in [0.717, 1.165) is 11.1 Å². The summed E-state index contributed by atoms with van der Waals surface area (Å²) in [5, 5.41) is 2.98. The van der Waals surface area contributed by atoms with Gasteiger partial charge in [-0.3, -0.25) is 0 Å². The van der Waals surface area contributed by atoms with Crippen LogP contribution in [0.4, 0.5) is 5.69 Å². The highest BCUT2D eigenvalue weighted by Gasteiger charge is 2.06. The van der Waals surface area contributed by atoms with Gasteiger partial charge >= 0.3 is 0 Å². The summed E-state index contributed by atoms with van der Waals surface area (Å²) in [4.78, 5) is 10.4. The summed E-state index contributed by atoms with van der Waals surface area (Å²) >= 11 is 0. The Kier molecular flexibility index (Phi) is 2.27. The van der Waals surface area contributed by atoms with E-state index >= 15 is 0 Å². The Morgan fingerprint density at radius 1 is 1.00 bits per heavy atom. The summed E-state index contributed by atoms with van der Waals surface area (Å²) in [6, 6.07) is 1.84. The van der Waals surface area contributed by atoms with Crippen LogP contribution in [-0.4, -0.2) is 0 Å². The van der Waals surface area contributed by atoms with Crippen molar-refractivity contribution in [3.8, 4) is 0 Å². The zero-order valence-electron chi connectivity index (χ0n) is 7.93. The molecule has 0 aliphatic heterocycles. The van der Waals surface area contributed by atoms with Gasteiger partial charge in [-0.15, -0.1) is 4.91 Å². The molecular weight excluding hydrogens is 150 g/mol. The summed E-state index contributed by atoms with van der Waals surface area (Å²) in [5.74, 6) is 0. The van der Waals surface area contributed by atoms with Gasteiger partial charge in [0, 0.05) is 0 Å². The van der Waals surface area contributed by atoms with Crippen molar-refractivity contribution in [2.45, 2.75) is 27.7 Å². The van der Waals surface area contributed by atoms with Crippen LogP contribution in [0.1, 0.15) is 22.3 Å². The molecule has 2 heteroatoms. The quantitative estimate of drug-likeness (QED) is 0.584. The molecule has 0 fully saturated rings. The maximum Gasteiger partial charge on any atom is 0.111 e. The van der Waals surface area contributed by atoms with Crippen LogP contribution in [0.25, 0.3) is 0 Å². The highest BCUT2D eigenvalue weighted by Crippen LogP contribution is 2.26. The lowest BCUT2D eigenvalue weighted by molar-refractivity contribution is 1.20. The van der Waals surface area contributed by atoms with Crippen molar-refractivity contribution in [2.24, 2.45) is 5.18 Å². The highest BCUT2D eigenvalue weighted by molar-refractivity contribution is 5.54. The van der Waals surface area contributed by atoms with E-state index in [2.05, 4.69) is 12.1 Å². The minimum atomic E-state index is 0.565. The Balaban J connectivity index is 3.49. The van der Waals surface area contributed by atoms with E-state index in [4.69, 9.17) is 0 Å². The largest absolute Gasteiger partial charge is 0.145 e. The number of nitrogens with zero attached hydrogens (tertiary/aromatic N) is 1. The lowest BCUT2D eigenvalue weighted by Crippen LogP contribution is -1.90. The molecule has 0 amide bonds. The fourth-order valence-electron chi connectivity index (χ4n) is 1.29. The third-order valence-electron chi connectivity index (χ3n) is 2.55. The van der Waals surface area contributed by atoms with Gasteiger partial charge in [0.2, 0.25) is 0 Å². The summed E-state index contributed by atoms with van der Waals surface area (Å²) in [6.07, 6.45) is 0. The van der Waals surface area contributed by atoms with Gasteiger partial charge in [0.1, 0.15) is 5.69 Å². The summed E-state index contributed by atoms with van der Waals surface area (Å²) in [5.41, 5.74) is 5.11. The highest BCUT2D eigenvalue weighted by atomic mass is 16.3. The maximum absolute atomic E-state index is 10.4. The molecule has 0 aliphatic rings. The van der Waals surface area contributed by atoms with Crippen molar-refractivity contribution in [3.05, 3.63) is 33.2 Å². The van der Waals surface area contributed by atoms with E-state index in [-0.39, 0.29) is 0 Å². The molecule has 0 heterocycles. The van der Waals surface area contributed by atoms with Crippen LogP contribution in [-0.2, 0) is 0 Å². The first-order chi connectivity index (χ1) is 5.57. The second kappa shape index (κ2) is 3.05. The van der Waals surface area contributed by atoms with E-state index in [0.29, 0.717) is 5.69 Å². The zero-order chi connectivity index (χ0) is 9.30. The van der Waals surface area contributed by atoms with Crippen LogP contribution in [0, 0.1) is 32.6 Å². The Morgan fingerprint density at radius 2 is 1.58 bits per heavy atom. The molecule has 0 saturated heterocycles. The van der Waals surface area contributed by atoms with Crippen LogP contribution in [0.15, 0.2) is 11.2 Å². The van der Waals surface area contributed by atoms with E-state index in [1.165, 1.54) is 11.1 Å². The molecule has 0 radical (unpaired) electrons. The first-order valence-corrected chi connectivity index (χ1v) is 3.98. The topological polar surface area (TPSA) is 29.4 Å². The minimum Gasteiger partial charge on any atom is -0.145 e. The van der Waals surface area contributed by atoms with E-state index < -0.39 is 0 Å². The molecule has 1 aromatic rings. The maximum atomic E-state index is 10.4. The Hall–Kier alpha value is -1.18. The molecule has 0 N–H and O–H groups in total. The Morgan fingerprint density at radius 3 is 2.08 bits per heavy atom. The van der Waals surface area contributed by atoms with Crippen molar-refractivity contribution in [1.82, 2.24) is 0 Å². The summed E-state index contributed by atoms with van der Waals surface area (Å²) in [7, 11) is 0. The van der Waals surface area contributed by atoms with Gasteiger partial charge in [0.25, 0.3) is 0 Å². The smallest absolute Gasteiger partial charge is 0.111 e. The van der Waals surface area contributed by atoms with Crippen LogP contribution in [0.5, 0.6) is 0 Å². The van der Waals surface area contributed by atoms with Gasteiger partial charge in [0.05, 0.1) is 0 Å². The Labute approximate surface area is 72.6 Å². The average Bonchev–Trinajstić information content (AvgIpc) is 2.08. The monoisotopic (exact) mass is 163 g/mol. The average molecular weight is 163 g/mol. The van der Waals surface area contributed by atoms with E-state index in [9.17, 15) is 4.91 Å². The van der Waals surface area contributed by atoms with Crippen molar-refractivity contribution >= 4 is 5.69 Å². The molecule has 2 nitrogen and oxygen atoms in total. The normalized spacial score (nSPS) is 10.0. The third-order valence-corrected chi connectivity index (χ3v) is 2.55. The van der Waals surface area contributed by atoms with Gasteiger partial charge in [-0.05, 0) is 61.2 Å². The summed E-state index contributed by atoms with van der Waals surface area (Å²) < 4.78 is 0. The minimum absolute atomic E-state index is 0.565. The van der Waals surface area contributed by atoms with Crippen molar-refractivity contribution in [3.63, 3.8) is 0 Å². The van der Waals surface area contributed by atoms with Crippen LogP contribution in [0.3, 0.4) is 0 Å². The molecule has 1 rings (SSSR count). The van der Waals surface area contributed by atoms with Crippen molar-refractivity contribution < 1.29 is 0 Å². The van der Waals surface area contributed by atoms with Gasteiger partial charge < -0.3 is 0 Å². The molecule has 0 aliphatic carbocycles. The predicted octanol–water partition coefficient (Wildman–Crippen LogP) is 3.32. The number of rotatable bonds is 1. The molecule has 12 heavy (non-hydrogen) atoms. The number of aryl methyl sites for hydroxylation is 1. The van der Waals surface area contributed by atoms with E-state index in [1.807, 2.05) is 26.8 Å². The number of benzene rings is 1. The van der Waals surface area contributed by atoms with Crippen LogP contribution < -0.4 is 0 Å². The second-order valence-corrected chi connectivity index (χ2v) is 3.18. The fourth-order valence-corrected chi connectivity index (χ4v) is 1.29. The fraction of sp³-hybridized carbons (Fsp3) is 0.400. The molecule has 0 saturated carbocycles. The van der Waals surface area contributed by atoms with Crippen molar-refractivity contribution in [2.75, 3.05) is 0 Å². The predicted molar refractivity (Wildman–Crippen MR) is 50.8 cm³/mol. The third kappa shape index (κ3) is 1.24. The first-order valence-electron chi connectivity index (χ1n) is 3.98. The van der Waals surface area contributed by atoms with Gasteiger partial charge in [-0.2, -0.15) is 0 Å². The lowest BCUT2D eigenvalue weighted by atomic mass is 9.98. The molecule has 0 unspecified atom stereocenters. The molecule has 0 aromatic heterocycles. The van der Waals surface area contributed by atoms with Gasteiger partial charge in [-0.25, -0.2) is 0 Å². The molecule has 0 bridgehead atoms. The molecule has 0 spiro atoms. The number of hydrogen-bond acceptors (Lipinski definition) is 2. The van der Waals surface area contributed by atoms with Gasteiger partial charge in [-0.1, -0.05) is 0 Å². The second-order valence-electron chi connectivity index (χ2n) is 3.18. The molecule has 0 atom stereocenters. The SMILES string of the molecule is Cc1cc(N=O)c(C)c(C)c1C. The molecule has 1 aromatic carbocycles. The standard InChI is InChI=1S/C10H13NO/c1-6-5-10(11-12)9(4)8(3)7(6)2/h5H,1-4H3. The Bertz CT molecular complexity index is 329.